The summed E-state index contributed by atoms with van der Waals surface area (Å²) in [6.45, 7) is 11.4. The van der Waals surface area contributed by atoms with Crippen LogP contribution in [0.3, 0.4) is 0 Å². The molecule has 36 heavy (non-hydrogen) atoms. The Kier molecular flexibility index (Phi) is 10.2. The number of carbonyl (C=O) groups is 1. The Balaban J connectivity index is 1.43. The Labute approximate surface area is 217 Å². The average molecular weight is 525 g/mol. The van der Waals surface area contributed by atoms with Crippen LogP contribution in [0.2, 0.25) is 0 Å². The molecule has 0 bridgehead atoms. The van der Waals surface area contributed by atoms with Crippen LogP contribution < -0.4 is 4.74 Å². The summed E-state index contributed by atoms with van der Waals surface area (Å²) in [5.74, 6) is 0.569. The van der Waals surface area contributed by atoms with Crippen molar-refractivity contribution in [1.82, 2.24) is 19.0 Å². The van der Waals surface area contributed by atoms with E-state index in [-0.39, 0.29) is 36.6 Å². The number of ether oxygens (including phenoxy) is 2. The first kappa shape index (κ1) is 28.8. The summed E-state index contributed by atoms with van der Waals surface area (Å²) in [5.41, 5.74) is 1.27. The molecule has 9 nitrogen and oxygen atoms in total. The van der Waals surface area contributed by atoms with Crippen LogP contribution in [-0.4, -0.2) is 119 Å². The fourth-order valence-electron chi connectivity index (χ4n) is 5.39. The fraction of sp³-hybridized carbons (Fsp3) is 0.731. The molecular weight excluding hydrogens is 480 g/mol. The zero-order valence-electron chi connectivity index (χ0n) is 22.8. The average Bonchev–Trinajstić information content (AvgIpc) is 3.35. The van der Waals surface area contributed by atoms with E-state index in [0.29, 0.717) is 22.9 Å². The molecule has 3 rings (SSSR count). The highest BCUT2D eigenvalue weighted by molar-refractivity contribution is 7.89. The number of sulfonamides is 1. The van der Waals surface area contributed by atoms with Gasteiger partial charge in [-0.15, -0.1) is 0 Å². The number of likely N-dealkylation sites (tertiary alicyclic amines) is 2. The first-order valence-electron chi connectivity index (χ1n) is 13.0. The summed E-state index contributed by atoms with van der Waals surface area (Å²) in [6.07, 6.45) is 3.39. The molecule has 0 aliphatic carbocycles. The second kappa shape index (κ2) is 12.7. The fourth-order valence-corrected chi connectivity index (χ4v) is 6.94. The van der Waals surface area contributed by atoms with Gasteiger partial charge < -0.3 is 19.3 Å². The number of aryl methyl sites for hydroxylation is 2. The van der Waals surface area contributed by atoms with E-state index in [4.69, 9.17) is 9.47 Å². The second-order valence-electron chi connectivity index (χ2n) is 10.1. The third-order valence-electron chi connectivity index (χ3n) is 7.77. The van der Waals surface area contributed by atoms with E-state index in [2.05, 4.69) is 16.7 Å². The molecule has 2 aliphatic rings. The Morgan fingerprint density at radius 3 is 2.31 bits per heavy atom. The van der Waals surface area contributed by atoms with Gasteiger partial charge in [0.2, 0.25) is 15.9 Å². The normalized spacial score (nSPS) is 20.2. The molecular formula is C26H44N4O5S. The third-order valence-corrected chi connectivity index (χ3v) is 9.93. The van der Waals surface area contributed by atoms with Crippen LogP contribution in [-0.2, 0) is 19.6 Å². The minimum atomic E-state index is -3.68. The number of benzene rings is 1. The van der Waals surface area contributed by atoms with Crippen LogP contribution in [0.5, 0.6) is 5.75 Å². The molecule has 1 amide bonds. The molecule has 1 aromatic carbocycles. The zero-order valence-corrected chi connectivity index (χ0v) is 23.6. The Morgan fingerprint density at radius 1 is 1.08 bits per heavy atom. The van der Waals surface area contributed by atoms with Gasteiger partial charge in [0.1, 0.15) is 12.4 Å². The first-order valence-corrected chi connectivity index (χ1v) is 14.4. The number of nitrogens with zero attached hydrogens (tertiary/aromatic N) is 4. The number of methoxy groups -OCH3 is 1. The van der Waals surface area contributed by atoms with Crippen molar-refractivity contribution in [1.29, 1.82) is 0 Å². The molecule has 2 heterocycles. The maximum atomic E-state index is 13.1. The maximum absolute atomic E-state index is 13.1. The number of piperidine rings is 1. The van der Waals surface area contributed by atoms with Crippen molar-refractivity contribution in [2.45, 2.75) is 57.0 Å². The van der Waals surface area contributed by atoms with Gasteiger partial charge in [0, 0.05) is 45.8 Å². The van der Waals surface area contributed by atoms with E-state index in [1.807, 2.05) is 11.9 Å². The SMILES string of the molecule is CCN1CCC(N2CCC(N(C)C(=O)COCCN(C)S(=O)(=O)c3c(C)cc(OC)cc3C)C2)CC1. The monoisotopic (exact) mass is 524 g/mol. The largest absolute Gasteiger partial charge is 0.497 e. The van der Waals surface area contributed by atoms with E-state index in [1.165, 1.54) is 24.2 Å². The molecule has 0 saturated carbocycles. The maximum Gasteiger partial charge on any atom is 0.248 e. The highest BCUT2D eigenvalue weighted by atomic mass is 32.2. The topological polar surface area (TPSA) is 82.6 Å². The standard InChI is InChI=1S/C26H44N4O5S/c1-7-29-11-8-22(9-12-29)30-13-10-23(18-30)28(5)25(31)19-35-15-14-27(4)36(32,33)26-20(2)16-24(34-6)17-21(26)3/h16-17,22-23H,7-15,18-19H2,1-6H3. The summed E-state index contributed by atoms with van der Waals surface area (Å²) in [7, 11) is 1.26. The van der Waals surface area contributed by atoms with Crippen LogP contribution in [0.15, 0.2) is 17.0 Å². The van der Waals surface area contributed by atoms with E-state index in [9.17, 15) is 13.2 Å². The van der Waals surface area contributed by atoms with Crippen molar-refractivity contribution in [3.05, 3.63) is 23.3 Å². The van der Waals surface area contributed by atoms with Crippen molar-refractivity contribution in [3.63, 3.8) is 0 Å². The number of amides is 1. The van der Waals surface area contributed by atoms with Gasteiger partial charge >= 0.3 is 0 Å². The van der Waals surface area contributed by atoms with Crippen molar-refractivity contribution in [2.24, 2.45) is 0 Å². The first-order chi connectivity index (χ1) is 17.1. The van der Waals surface area contributed by atoms with Gasteiger partial charge in [-0.1, -0.05) is 6.92 Å². The van der Waals surface area contributed by atoms with Gasteiger partial charge in [-0.2, -0.15) is 4.31 Å². The molecule has 10 heteroatoms. The predicted molar refractivity (Wildman–Crippen MR) is 141 cm³/mol. The van der Waals surface area contributed by atoms with Crippen molar-refractivity contribution in [3.8, 4) is 5.75 Å². The zero-order chi connectivity index (χ0) is 26.5. The van der Waals surface area contributed by atoms with Crippen LogP contribution in [0, 0.1) is 13.8 Å². The molecule has 1 atom stereocenters. The Hall–Kier alpha value is -1.72. The van der Waals surface area contributed by atoms with Crippen LogP contribution >= 0.6 is 0 Å². The molecule has 2 fully saturated rings. The summed E-state index contributed by atoms with van der Waals surface area (Å²) >= 11 is 0. The summed E-state index contributed by atoms with van der Waals surface area (Å²) in [4.78, 5) is 19.9. The van der Waals surface area contributed by atoms with Crippen LogP contribution in [0.1, 0.15) is 37.3 Å². The summed E-state index contributed by atoms with van der Waals surface area (Å²) < 4.78 is 38.4. The third kappa shape index (κ3) is 6.77. The molecule has 204 valence electrons. The van der Waals surface area contributed by atoms with E-state index in [1.54, 1.807) is 33.1 Å². The van der Waals surface area contributed by atoms with E-state index >= 15 is 0 Å². The lowest BCUT2D eigenvalue weighted by atomic mass is 10.0. The molecule has 0 spiro atoms. The minimum absolute atomic E-state index is 0.0453. The molecule has 0 aromatic heterocycles. The second-order valence-corrected chi connectivity index (χ2v) is 12.1. The van der Waals surface area contributed by atoms with Gasteiger partial charge in [-0.3, -0.25) is 9.69 Å². The molecule has 2 aliphatic heterocycles. The van der Waals surface area contributed by atoms with Gasteiger partial charge in [0.15, 0.2) is 0 Å². The number of hydrogen-bond donors (Lipinski definition) is 0. The lowest BCUT2D eigenvalue weighted by Crippen LogP contribution is -2.46. The summed E-state index contributed by atoms with van der Waals surface area (Å²) in [5, 5.41) is 0. The van der Waals surface area contributed by atoms with Gasteiger partial charge in [0.05, 0.1) is 18.6 Å². The van der Waals surface area contributed by atoms with Crippen LogP contribution in [0.25, 0.3) is 0 Å². The van der Waals surface area contributed by atoms with Gasteiger partial charge in [-0.05, 0) is 76.0 Å². The van der Waals surface area contributed by atoms with Crippen molar-refractivity contribution >= 4 is 15.9 Å². The lowest BCUT2D eigenvalue weighted by molar-refractivity contribution is -0.136. The summed E-state index contributed by atoms with van der Waals surface area (Å²) in [6, 6.07) is 4.26. The van der Waals surface area contributed by atoms with E-state index < -0.39 is 10.0 Å². The number of carbonyl (C=O) groups excluding carboxylic acids is 1. The highest BCUT2D eigenvalue weighted by Crippen LogP contribution is 2.28. The van der Waals surface area contributed by atoms with Crippen molar-refractivity contribution in [2.75, 3.05) is 73.7 Å². The van der Waals surface area contributed by atoms with Crippen LogP contribution in [0.4, 0.5) is 0 Å². The smallest absolute Gasteiger partial charge is 0.248 e. The number of rotatable bonds is 11. The number of hydrogen-bond acceptors (Lipinski definition) is 7. The quantitative estimate of drug-likeness (QED) is 0.409. The highest BCUT2D eigenvalue weighted by Gasteiger charge is 2.33. The molecule has 1 aromatic rings. The molecule has 0 radical (unpaired) electrons. The van der Waals surface area contributed by atoms with Gasteiger partial charge in [-0.25, -0.2) is 8.42 Å². The lowest BCUT2D eigenvalue weighted by Gasteiger charge is -2.36. The minimum Gasteiger partial charge on any atom is -0.497 e. The molecule has 1 unspecified atom stereocenters. The van der Waals surface area contributed by atoms with Crippen molar-refractivity contribution < 1.29 is 22.7 Å². The predicted octanol–water partition coefficient (Wildman–Crippen LogP) is 1.97. The van der Waals surface area contributed by atoms with E-state index in [0.717, 1.165) is 39.1 Å². The molecule has 2 saturated heterocycles. The van der Waals surface area contributed by atoms with Gasteiger partial charge in [0.25, 0.3) is 0 Å². The number of likely N-dealkylation sites (N-methyl/N-ethyl adjacent to an activating group) is 2. The Bertz CT molecular complexity index is 971. The molecule has 0 N–H and O–H groups in total. The Morgan fingerprint density at radius 2 is 1.72 bits per heavy atom.